The van der Waals surface area contributed by atoms with Crippen molar-refractivity contribution in [1.82, 2.24) is 20.3 Å². The summed E-state index contributed by atoms with van der Waals surface area (Å²) in [7, 11) is 0. The molecule has 0 unspecified atom stereocenters. The minimum atomic E-state index is -0.243. The fourth-order valence-electron chi connectivity index (χ4n) is 3.28. The number of carbonyl (C=O) groups is 1. The van der Waals surface area contributed by atoms with E-state index in [1.807, 2.05) is 49.4 Å². The molecule has 174 valence electrons. The molecule has 2 heterocycles. The van der Waals surface area contributed by atoms with Gasteiger partial charge in [0, 0.05) is 18.8 Å². The lowest BCUT2D eigenvalue weighted by molar-refractivity contribution is -0.119. The third-order valence-electron chi connectivity index (χ3n) is 4.89. The van der Waals surface area contributed by atoms with Gasteiger partial charge in [0.2, 0.25) is 5.91 Å². The molecule has 2 aromatic heterocycles. The monoisotopic (exact) mass is 477 g/mol. The summed E-state index contributed by atoms with van der Waals surface area (Å²) in [5.74, 6) is 1.63. The Morgan fingerprint density at radius 1 is 1.06 bits per heavy atom. The number of carbonyl (C=O) groups excluding carboxylic acids is 1. The number of anilines is 2. The molecule has 0 saturated heterocycles. The Kier molecular flexibility index (Phi) is 7.39. The van der Waals surface area contributed by atoms with Gasteiger partial charge >= 0.3 is 0 Å². The number of hydrogen-bond acceptors (Lipinski definition) is 7. The normalized spacial score (nSPS) is 11.6. The molecule has 0 saturated carbocycles. The number of ether oxygens (including phenoxy) is 2. The molecule has 9 heteroatoms. The summed E-state index contributed by atoms with van der Waals surface area (Å²) in [5.41, 5.74) is 2.27. The van der Waals surface area contributed by atoms with Gasteiger partial charge in [0.05, 0.1) is 28.2 Å². The van der Waals surface area contributed by atoms with Gasteiger partial charge in [0.15, 0.2) is 0 Å². The highest BCUT2D eigenvalue weighted by atomic mass is 35.5. The molecule has 0 aliphatic heterocycles. The van der Waals surface area contributed by atoms with Gasteiger partial charge in [-0.1, -0.05) is 23.7 Å². The van der Waals surface area contributed by atoms with Crippen molar-refractivity contribution in [2.45, 2.75) is 26.6 Å². The predicted octanol–water partition coefficient (Wildman–Crippen LogP) is 4.90. The second kappa shape index (κ2) is 10.8. The number of aromatic nitrogens is 3. The van der Waals surface area contributed by atoms with Crippen LogP contribution in [-0.4, -0.2) is 33.5 Å². The Bertz CT molecular complexity index is 1280. The fraction of sp³-hybridized carbons (Fsp3) is 0.200. The van der Waals surface area contributed by atoms with Crippen molar-refractivity contribution in [3.05, 3.63) is 77.8 Å². The van der Waals surface area contributed by atoms with Crippen LogP contribution in [0.2, 0.25) is 5.02 Å². The summed E-state index contributed by atoms with van der Waals surface area (Å²) < 4.78 is 11.9. The number of nitrogens with zero attached hydrogens (tertiary/aromatic N) is 3. The molecule has 2 aromatic carbocycles. The van der Waals surface area contributed by atoms with Crippen molar-refractivity contribution in [2.75, 3.05) is 11.9 Å². The van der Waals surface area contributed by atoms with E-state index in [-0.39, 0.29) is 12.0 Å². The Hall–Kier alpha value is -3.91. The Morgan fingerprint density at radius 2 is 1.94 bits per heavy atom. The first kappa shape index (κ1) is 23.3. The van der Waals surface area contributed by atoms with Crippen molar-refractivity contribution in [3.63, 3.8) is 0 Å². The van der Waals surface area contributed by atoms with E-state index >= 15 is 0 Å². The molecule has 0 spiro atoms. The molecule has 0 bridgehead atoms. The van der Waals surface area contributed by atoms with Gasteiger partial charge in [0.1, 0.15) is 36.4 Å². The standard InChI is InChI=1S/C25H24ClN5O3/c1-16(13-28-17(2)32)34-23-8-5-7-21-24(23)25(30-15-29-21)31-18-9-10-22(20(26)12-18)33-14-19-6-3-4-11-27-19/h3-12,15-16H,13-14H2,1-2H3,(H,28,32)(H,29,30,31)/t16-/m0/s1. The van der Waals surface area contributed by atoms with Crippen LogP contribution in [0, 0.1) is 0 Å². The number of nitrogens with one attached hydrogen (secondary N) is 2. The Labute approximate surface area is 202 Å². The summed E-state index contributed by atoms with van der Waals surface area (Å²) in [6.45, 7) is 4.06. The van der Waals surface area contributed by atoms with E-state index in [0.29, 0.717) is 35.5 Å². The first-order valence-corrected chi connectivity index (χ1v) is 11.1. The average Bonchev–Trinajstić information content (AvgIpc) is 2.83. The third kappa shape index (κ3) is 5.90. The van der Waals surface area contributed by atoms with Crippen molar-refractivity contribution in [3.8, 4) is 11.5 Å². The highest BCUT2D eigenvalue weighted by Gasteiger charge is 2.14. The summed E-state index contributed by atoms with van der Waals surface area (Å²) in [6.07, 6.45) is 2.96. The zero-order valence-corrected chi connectivity index (χ0v) is 19.5. The number of rotatable bonds is 9. The smallest absolute Gasteiger partial charge is 0.217 e. The van der Waals surface area contributed by atoms with E-state index in [9.17, 15) is 4.79 Å². The second-order valence-corrected chi connectivity index (χ2v) is 8.03. The maximum absolute atomic E-state index is 11.2. The maximum atomic E-state index is 11.2. The highest BCUT2D eigenvalue weighted by molar-refractivity contribution is 6.32. The van der Waals surface area contributed by atoms with Crippen LogP contribution in [0.5, 0.6) is 11.5 Å². The van der Waals surface area contributed by atoms with E-state index in [0.717, 1.165) is 22.3 Å². The number of fused-ring (bicyclic) bond motifs is 1. The average molecular weight is 478 g/mol. The zero-order valence-electron chi connectivity index (χ0n) is 18.8. The highest BCUT2D eigenvalue weighted by Crippen LogP contribution is 2.34. The van der Waals surface area contributed by atoms with E-state index in [1.54, 1.807) is 18.3 Å². The van der Waals surface area contributed by atoms with E-state index in [1.165, 1.54) is 13.3 Å². The van der Waals surface area contributed by atoms with Crippen LogP contribution in [0.25, 0.3) is 10.9 Å². The van der Waals surface area contributed by atoms with Gasteiger partial charge in [-0.25, -0.2) is 9.97 Å². The van der Waals surface area contributed by atoms with Crippen molar-refractivity contribution >= 4 is 39.9 Å². The van der Waals surface area contributed by atoms with Gasteiger partial charge in [-0.3, -0.25) is 9.78 Å². The van der Waals surface area contributed by atoms with Crippen molar-refractivity contribution in [2.24, 2.45) is 0 Å². The largest absolute Gasteiger partial charge is 0.488 e. The quantitative estimate of drug-likeness (QED) is 0.353. The summed E-state index contributed by atoms with van der Waals surface area (Å²) in [5, 5.41) is 7.24. The lowest BCUT2D eigenvalue weighted by Crippen LogP contribution is -2.32. The van der Waals surface area contributed by atoms with Crippen LogP contribution in [0.1, 0.15) is 19.5 Å². The fourth-order valence-corrected chi connectivity index (χ4v) is 3.52. The summed E-state index contributed by atoms with van der Waals surface area (Å²) in [4.78, 5) is 24.2. The Morgan fingerprint density at radius 3 is 2.71 bits per heavy atom. The van der Waals surface area contributed by atoms with Gasteiger partial charge < -0.3 is 20.1 Å². The van der Waals surface area contributed by atoms with Crippen LogP contribution in [0.15, 0.2) is 67.1 Å². The maximum Gasteiger partial charge on any atom is 0.217 e. The number of pyridine rings is 1. The minimum absolute atomic E-state index is 0.108. The molecule has 1 atom stereocenters. The molecule has 8 nitrogen and oxygen atoms in total. The van der Waals surface area contributed by atoms with Crippen molar-refractivity contribution < 1.29 is 14.3 Å². The molecule has 0 aliphatic carbocycles. The minimum Gasteiger partial charge on any atom is -0.488 e. The molecule has 0 aliphatic rings. The number of halogens is 1. The van der Waals surface area contributed by atoms with E-state index in [2.05, 4.69) is 25.6 Å². The Balaban J connectivity index is 1.53. The van der Waals surface area contributed by atoms with Crippen LogP contribution in [-0.2, 0) is 11.4 Å². The number of amides is 1. The molecular weight excluding hydrogens is 454 g/mol. The molecular formula is C25H24ClN5O3. The number of benzene rings is 2. The molecule has 0 radical (unpaired) electrons. The number of hydrogen-bond donors (Lipinski definition) is 2. The first-order chi connectivity index (χ1) is 16.5. The van der Waals surface area contributed by atoms with Crippen LogP contribution in [0.3, 0.4) is 0 Å². The lowest BCUT2D eigenvalue weighted by atomic mass is 10.2. The van der Waals surface area contributed by atoms with Crippen LogP contribution < -0.4 is 20.1 Å². The topological polar surface area (TPSA) is 98.3 Å². The predicted molar refractivity (Wildman–Crippen MR) is 132 cm³/mol. The van der Waals surface area contributed by atoms with E-state index < -0.39 is 0 Å². The first-order valence-electron chi connectivity index (χ1n) is 10.7. The van der Waals surface area contributed by atoms with Crippen molar-refractivity contribution in [1.29, 1.82) is 0 Å². The molecule has 0 fully saturated rings. The van der Waals surface area contributed by atoms with Gasteiger partial charge in [-0.15, -0.1) is 0 Å². The molecule has 4 aromatic rings. The molecule has 4 rings (SSSR count). The van der Waals surface area contributed by atoms with Crippen LogP contribution in [0.4, 0.5) is 11.5 Å². The van der Waals surface area contributed by atoms with E-state index in [4.69, 9.17) is 21.1 Å². The summed E-state index contributed by atoms with van der Waals surface area (Å²) >= 11 is 6.46. The summed E-state index contributed by atoms with van der Waals surface area (Å²) in [6, 6.07) is 16.7. The molecule has 2 N–H and O–H groups in total. The SMILES string of the molecule is CC(=O)NC[C@H](C)Oc1cccc2ncnc(Nc3ccc(OCc4ccccn4)c(Cl)c3)c12. The van der Waals surface area contributed by atoms with Gasteiger partial charge in [0.25, 0.3) is 0 Å². The van der Waals surface area contributed by atoms with Crippen LogP contribution >= 0.6 is 11.6 Å². The second-order valence-electron chi connectivity index (χ2n) is 7.62. The zero-order chi connectivity index (χ0) is 23.9. The third-order valence-corrected chi connectivity index (χ3v) is 5.18. The molecule has 1 amide bonds. The van der Waals surface area contributed by atoms with Gasteiger partial charge in [-0.05, 0) is 49.4 Å². The van der Waals surface area contributed by atoms with Gasteiger partial charge in [-0.2, -0.15) is 0 Å². The molecule has 34 heavy (non-hydrogen) atoms. The lowest BCUT2D eigenvalue weighted by Gasteiger charge is -2.18.